The van der Waals surface area contributed by atoms with Gasteiger partial charge in [-0.3, -0.25) is 0 Å². The second kappa shape index (κ2) is 4.45. The first-order chi connectivity index (χ1) is 9.41. The number of benzene rings is 1. The zero-order valence-electron chi connectivity index (χ0n) is 12.5. The molecule has 0 bridgehead atoms. The Hall–Kier alpha value is -1.60. The van der Waals surface area contributed by atoms with Gasteiger partial charge in [-0.2, -0.15) is 0 Å². The monoisotopic (exact) mass is 312 g/mol. The SMILES string of the molecule is CC1(C)C(NS(=O)(=O)c2cc(N)ccc2C(=O)O)C1(C)C. The van der Waals surface area contributed by atoms with Crippen LogP contribution in [0.5, 0.6) is 0 Å². The molecular formula is C14H20N2O4S. The van der Waals surface area contributed by atoms with E-state index in [1.807, 2.05) is 27.7 Å². The first kappa shape index (κ1) is 15.8. The molecule has 0 unspecified atom stereocenters. The topological polar surface area (TPSA) is 109 Å². The molecule has 0 amide bonds. The highest BCUT2D eigenvalue weighted by atomic mass is 32.2. The van der Waals surface area contributed by atoms with E-state index in [1.54, 1.807) is 0 Å². The van der Waals surface area contributed by atoms with Gasteiger partial charge in [-0.15, -0.1) is 0 Å². The predicted molar refractivity (Wildman–Crippen MR) is 79.5 cm³/mol. The molecule has 6 nitrogen and oxygen atoms in total. The van der Waals surface area contributed by atoms with Gasteiger partial charge in [0.1, 0.15) is 0 Å². The Morgan fingerprint density at radius 2 is 1.76 bits per heavy atom. The summed E-state index contributed by atoms with van der Waals surface area (Å²) >= 11 is 0. The normalized spacial score (nSPS) is 20.2. The Morgan fingerprint density at radius 3 is 2.19 bits per heavy atom. The van der Waals surface area contributed by atoms with Crippen molar-refractivity contribution in [3.05, 3.63) is 23.8 Å². The Morgan fingerprint density at radius 1 is 1.24 bits per heavy atom. The molecule has 1 fully saturated rings. The van der Waals surface area contributed by atoms with Gasteiger partial charge in [-0.05, 0) is 29.0 Å². The summed E-state index contributed by atoms with van der Waals surface area (Å²) in [6, 6.07) is 3.50. The van der Waals surface area contributed by atoms with Gasteiger partial charge >= 0.3 is 5.97 Å². The molecule has 0 aromatic heterocycles. The van der Waals surface area contributed by atoms with E-state index in [4.69, 9.17) is 10.8 Å². The maximum absolute atomic E-state index is 12.5. The number of carboxylic acids is 1. The molecule has 21 heavy (non-hydrogen) atoms. The Bertz CT molecular complexity index is 694. The average molecular weight is 312 g/mol. The van der Waals surface area contributed by atoms with Gasteiger partial charge in [0.2, 0.25) is 10.0 Å². The van der Waals surface area contributed by atoms with Crippen molar-refractivity contribution in [2.75, 3.05) is 5.73 Å². The molecule has 0 aliphatic heterocycles. The van der Waals surface area contributed by atoms with Crippen LogP contribution >= 0.6 is 0 Å². The van der Waals surface area contributed by atoms with Crippen LogP contribution in [0.15, 0.2) is 23.1 Å². The summed E-state index contributed by atoms with van der Waals surface area (Å²) in [5.41, 5.74) is 5.13. The molecule has 1 aromatic rings. The summed E-state index contributed by atoms with van der Waals surface area (Å²) in [6.45, 7) is 7.88. The molecule has 1 aliphatic carbocycles. The van der Waals surface area contributed by atoms with E-state index < -0.39 is 16.0 Å². The number of aromatic carboxylic acids is 1. The van der Waals surface area contributed by atoms with Crippen molar-refractivity contribution >= 4 is 21.7 Å². The summed E-state index contributed by atoms with van der Waals surface area (Å²) in [5, 5.41) is 9.14. The van der Waals surface area contributed by atoms with Crippen molar-refractivity contribution in [1.82, 2.24) is 4.72 Å². The molecule has 1 aromatic carbocycles. The summed E-state index contributed by atoms with van der Waals surface area (Å²) < 4.78 is 27.6. The zero-order chi connectivity index (χ0) is 16.2. The Kier molecular flexibility index (Phi) is 3.34. The summed E-state index contributed by atoms with van der Waals surface area (Å²) in [5.74, 6) is -1.30. The average Bonchev–Trinajstić information content (AvgIpc) is 2.71. The second-order valence-corrected chi connectivity index (χ2v) is 8.24. The molecule has 4 N–H and O–H groups in total. The maximum atomic E-state index is 12.5. The minimum absolute atomic E-state index is 0.191. The zero-order valence-corrected chi connectivity index (χ0v) is 13.3. The van der Waals surface area contributed by atoms with E-state index in [9.17, 15) is 13.2 Å². The van der Waals surface area contributed by atoms with E-state index in [0.717, 1.165) is 0 Å². The van der Waals surface area contributed by atoms with Gasteiger partial charge in [0.25, 0.3) is 0 Å². The number of rotatable bonds is 4. The lowest BCUT2D eigenvalue weighted by atomic mass is 10.0. The first-order valence-electron chi connectivity index (χ1n) is 6.56. The molecule has 0 atom stereocenters. The lowest BCUT2D eigenvalue weighted by Gasteiger charge is -2.11. The molecule has 1 aliphatic rings. The van der Waals surface area contributed by atoms with Gasteiger partial charge in [0.05, 0.1) is 10.5 Å². The minimum atomic E-state index is -3.95. The molecule has 7 heteroatoms. The van der Waals surface area contributed by atoms with Crippen molar-refractivity contribution in [3.8, 4) is 0 Å². The van der Waals surface area contributed by atoms with Crippen molar-refractivity contribution in [2.24, 2.45) is 10.8 Å². The number of carbonyl (C=O) groups is 1. The number of nitrogen functional groups attached to an aromatic ring is 1. The van der Waals surface area contributed by atoms with E-state index >= 15 is 0 Å². The highest BCUT2D eigenvalue weighted by Gasteiger charge is 2.66. The van der Waals surface area contributed by atoms with Crippen LogP contribution < -0.4 is 10.5 Å². The van der Waals surface area contributed by atoms with E-state index in [1.165, 1.54) is 18.2 Å². The fourth-order valence-electron chi connectivity index (χ4n) is 2.65. The van der Waals surface area contributed by atoms with E-state index in [0.29, 0.717) is 0 Å². The maximum Gasteiger partial charge on any atom is 0.337 e. The number of nitrogens with two attached hydrogens (primary N) is 1. The molecule has 116 valence electrons. The smallest absolute Gasteiger partial charge is 0.337 e. The molecule has 2 rings (SSSR count). The lowest BCUT2D eigenvalue weighted by Crippen LogP contribution is -2.31. The third-order valence-electron chi connectivity index (χ3n) is 4.82. The standard InChI is InChI=1S/C14H20N2O4S/c1-13(2)12(14(13,3)4)16-21(19,20)10-7-8(15)5-6-9(10)11(17)18/h5-7,12,16H,15H2,1-4H3,(H,17,18). The van der Waals surface area contributed by atoms with E-state index in [-0.39, 0.29) is 33.0 Å². The predicted octanol–water partition coefficient (Wildman–Crippen LogP) is 1.68. The van der Waals surface area contributed by atoms with Crippen LogP contribution in [0.1, 0.15) is 38.1 Å². The molecule has 0 heterocycles. The number of hydrogen-bond donors (Lipinski definition) is 3. The van der Waals surface area contributed by atoms with Crippen LogP contribution in [-0.4, -0.2) is 25.5 Å². The van der Waals surface area contributed by atoms with Gasteiger partial charge in [-0.25, -0.2) is 17.9 Å². The largest absolute Gasteiger partial charge is 0.478 e. The van der Waals surface area contributed by atoms with Crippen molar-refractivity contribution in [2.45, 2.75) is 38.6 Å². The quantitative estimate of drug-likeness (QED) is 0.733. The Balaban J connectivity index is 2.42. The van der Waals surface area contributed by atoms with Gasteiger partial charge in [0.15, 0.2) is 0 Å². The number of hydrogen-bond acceptors (Lipinski definition) is 4. The van der Waals surface area contributed by atoms with Crippen LogP contribution in [0.4, 0.5) is 5.69 Å². The fraction of sp³-hybridized carbons (Fsp3) is 0.500. The van der Waals surface area contributed by atoms with Crippen molar-refractivity contribution in [3.63, 3.8) is 0 Å². The summed E-state index contributed by atoms with van der Waals surface area (Å²) in [7, 11) is -3.95. The van der Waals surface area contributed by atoms with Crippen LogP contribution in [0.3, 0.4) is 0 Å². The summed E-state index contributed by atoms with van der Waals surface area (Å²) in [4.78, 5) is 10.9. The molecule has 1 saturated carbocycles. The minimum Gasteiger partial charge on any atom is -0.478 e. The third-order valence-corrected chi connectivity index (χ3v) is 6.28. The van der Waals surface area contributed by atoms with E-state index in [2.05, 4.69) is 4.72 Å². The second-order valence-electron chi connectivity index (χ2n) is 6.56. The number of sulfonamides is 1. The van der Waals surface area contributed by atoms with Crippen LogP contribution in [0.25, 0.3) is 0 Å². The molecule has 0 spiro atoms. The Labute approximate surface area is 124 Å². The van der Waals surface area contributed by atoms with Crippen LogP contribution in [0, 0.1) is 10.8 Å². The number of anilines is 1. The van der Waals surface area contributed by atoms with Crippen molar-refractivity contribution in [1.29, 1.82) is 0 Å². The number of carboxylic acid groups (broad SMARTS) is 1. The number of nitrogens with one attached hydrogen (secondary N) is 1. The lowest BCUT2D eigenvalue weighted by molar-refractivity contribution is 0.0692. The van der Waals surface area contributed by atoms with Gasteiger partial charge in [0, 0.05) is 11.7 Å². The van der Waals surface area contributed by atoms with Crippen molar-refractivity contribution < 1.29 is 18.3 Å². The van der Waals surface area contributed by atoms with Gasteiger partial charge in [-0.1, -0.05) is 27.7 Å². The highest BCUT2D eigenvalue weighted by molar-refractivity contribution is 7.89. The van der Waals surface area contributed by atoms with Crippen LogP contribution in [0.2, 0.25) is 0 Å². The fourth-order valence-corrected chi connectivity index (χ4v) is 4.41. The molecule has 0 radical (unpaired) electrons. The molecule has 0 saturated heterocycles. The molecular weight excluding hydrogens is 292 g/mol. The first-order valence-corrected chi connectivity index (χ1v) is 8.05. The summed E-state index contributed by atoms with van der Waals surface area (Å²) in [6.07, 6.45) is 0. The highest BCUT2D eigenvalue weighted by Crippen LogP contribution is 2.63. The van der Waals surface area contributed by atoms with Crippen LogP contribution in [-0.2, 0) is 10.0 Å². The third kappa shape index (κ3) is 2.40. The van der Waals surface area contributed by atoms with Gasteiger partial charge < -0.3 is 10.8 Å².